The monoisotopic (exact) mass is 168 g/mol. The Kier molecular flexibility index (Phi) is 2.76. The summed E-state index contributed by atoms with van der Waals surface area (Å²) < 4.78 is 0. The summed E-state index contributed by atoms with van der Waals surface area (Å²) in [7, 11) is -0.0573. The smallest absolute Gasteiger partial charge is 0.181 e. The molecule has 1 aromatic rings. The topological polar surface area (TPSA) is 25.8 Å². The van der Waals surface area contributed by atoms with E-state index in [4.69, 9.17) is 0 Å². The van der Waals surface area contributed by atoms with Crippen LogP contribution in [0.1, 0.15) is 13.8 Å². The Morgan fingerprint density at radius 2 is 1.91 bits per heavy atom. The van der Waals surface area contributed by atoms with E-state index < -0.39 is 0 Å². The van der Waals surface area contributed by atoms with Crippen molar-refractivity contribution < 1.29 is 0 Å². The molecule has 1 unspecified atom stereocenters. The van der Waals surface area contributed by atoms with Crippen molar-refractivity contribution in [2.24, 2.45) is 0 Å². The van der Waals surface area contributed by atoms with Gasteiger partial charge in [-0.05, 0) is 6.07 Å². The zero-order chi connectivity index (χ0) is 8.27. The van der Waals surface area contributed by atoms with E-state index >= 15 is 0 Å². The number of rotatable bonds is 2. The van der Waals surface area contributed by atoms with Crippen molar-refractivity contribution in [2.45, 2.75) is 24.3 Å². The van der Waals surface area contributed by atoms with Crippen molar-refractivity contribution in [3.05, 3.63) is 18.5 Å². The molecule has 11 heavy (non-hydrogen) atoms. The lowest BCUT2D eigenvalue weighted by Crippen LogP contribution is -1.94. The Hall–Kier alpha value is -0.700. The van der Waals surface area contributed by atoms with Crippen LogP contribution in [0, 0.1) is 0 Å². The van der Waals surface area contributed by atoms with Crippen LogP contribution in [-0.4, -0.2) is 21.1 Å². The fourth-order valence-electron chi connectivity index (χ4n) is 0.632. The standard InChI is InChI=1S/C8H12N2S/c1-7(2)11(3)8-9-5-4-6-10-8/h4-7H,3H2,1-2H3. The van der Waals surface area contributed by atoms with Gasteiger partial charge in [0.25, 0.3) is 0 Å². The van der Waals surface area contributed by atoms with E-state index in [-0.39, 0.29) is 10.5 Å². The Labute approximate surface area is 69.6 Å². The van der Waals surface area contributed by atoms with Gasteiger partial charge in [0.15, 0.2) is 5.16 Å². The summed E-state index contributed by atoms with van der Waals surface area (Å²) >= 11 is 0. The normalized spacial score (nSPS) is 13.4. The molecule has 0 saturated carbocycles. The van der Waals surface area contributed by atoms with Crippen molar-refractivity contribution in [3.63, 3.8) is 0 Å². The Morgan fingerprint density at radius 1 is 1.36 bits per heavy atom. The third kappa shape index (κ3) is 2.12. The van der Waals surface area contributed by atoms with Crippen LogP contribution >= 0.6 is 10.5 Å². The molecule has 2 nitrogen and oxygen atoms in total. The molecule has 1 aromatic heterocycles. The molecule has 0 amide bonds. The molecular formula is C8H12N2S. The first kappa shape index (κ1) is 8.40. The van der Waals surface area contributed by atoms with Crippen molar-refractivity contribution in [1.82, 2.24) is 9.97 Å². The number of aromatic nitrogens is 2. The highest BCUT2D eigenvalue weighted by molar-refractivity contribution is 8.14. The molecule has 3 heteroatoms. The molecule has 0 aliphatic heterocycles. The van der Waals surface area contributed by atoms with Crippen LogP contribution in [0.25, 0.3) is 0 Å². The SMILES string of the molecule is C=S(c1ncccn1)C(C)C. The van der Waals surface area contributed by atoms with E-state index in [1.807, 2.05) is 6.07 Å². The highest BCUT2D eigenvalue weighted by atomic mass is 32.2. The molecule has 0 bridgehead atoms. The van der Waals surface area contributed by atoms with E-state index in [9.17, 15) is 0 Å². The molecule has 0 aromatic carbocycles. The van der Waals surface area contributed by atoms with Gasteiger partial charge < -0.3 is 0 Å². The van der Waals surface area contributed by atoms with Crippen LogP contribution in [0.4, 0.5) is 0 Å². The third-order valence-electron chi connectivity index (χ3n) is 1.35. The lowest BCUT2D eigenvalue weighted by molar-refractivity contribution is 0.952. The number of hydrogen-bond acceptors (Lipinski definition) is 2. The molecule has 0 fully saturated rings. The second-order valence-electron chi connectivity index (χ2n) is 2.51. The summed E-state index contributed by atoms with van der Waals surface area (Å²) in [4.78, 5) is 8.28. The van der Waals surface area contributed by atoms with Gasteiger partial charge in [0.2, 0.25) is 0 Å². The minimum absolute atomic E-state index is 0.0573. The third-order valence-corrected chi connectivity index (χ3v) is 3.16. The molecule has 0 aliphatic carbocycles. The van der Waals surface area contributed by atoms with Gasteiger partial charge in [-0.3, -0.25) is 0 Å². The van der Waals surface area contributed by atoms with Gasteiger partial charge in [0, 0.05) is 17.6 Å². The van der Waals surface area contributed by atoms with Crippen molar-refractivity contribution in [2.75, 3.05) is 0 Å². The predicted molar refractivity (Wildman–Crippen MR) is 50.1 cm³/mol. The maximum absolute atomic E-state index is 4.14. The lowest BCUT2D eigenvalue weighted by Gasteiger charge is -2.07. The van der Waals surface area contributed by atoms with Gasteiger partial charge in [-0.1, -0.05) is 19.7 Å². The van der Waals surface area contributed by atoms with Crippen LogP contribution in [0.5, 0.6) is 0 Å². The average Bonchev–Trinajstić information content (AvgIpc) is 2.05. The number of hydrogen-bond donors (Lipinski definition) is 0. The molecule has 0 aliphatic rings. The van der Waals surface area contributed by atoms with Crippen molar-refractivity contribution in [3.8, 4) is 0 Å². The van der Waals surface area contributed by atoms with E-state index in [0.717, 1.165) is 5.16 Å². The fourth-order valence-corrected chi connectivity index (χ4v) is 1.45. The molecule has 0 N–H and O–H groups in total. The first-order valence-electron chi connectivity index (χ1n) is 3.51. The van der Waals surface area contributed by atoms with Gasteiger partial charge in [0.05, 0.1) is 0 Å². The van der Waals surface area contributed by atoms with Crippen molar-refractivity contribution >= 4 is 16.4 Å². The van der Waals surface area contributed by atoms with E-state index in [0.29, 0.717) is 5.25 Å². The molecule has 1 heterocycles. The molecule has 0 radical (unpaired) electrons. The van der Waals surface area contributed by atoms with E-state index in [1.54, 1.807) is 12.4 Å². The largest absolute Gasteiger partial charge is 0.232 e. The molecular weight excluding hydrogens is 156 g/mol. The maximum Gasteiger partial charge on any atom is 0.181 e. The molecule has 1 rings (SSSR count). The van der Waals surface area contributed by atoms with Crippen LogP contribution in [0.3, 0.4) is 0 Å². The van der Waals surface area contributed by atoms with Crippen LogP contribution in [0.2, 0.25) is 0 Å². The summed E-state index contributed by atoms with van der Waals surface area (Å²) in [5.41, 5.74) is 0. The Balaban J connectivity index is 2.86. The zero-order valence-corrected chi connectivity index (χ0v) is 7.64. The highest BCUT2D eigenvalue weighted by Gasteiger charge is 2.02. The van der Waals surface area contributed by atoms with Crippen LogP contribution in [-0.2, 0) is 0 Å². The first-order chi connectivity index (χ1) is 5.22. The average molecular weight is 168 g/mol. The fraction of sp³-hybridized carbons (Fsp3) is 0.375. The van der Waals surface area contributed by atoms with Gasteiger partial charge in [-0.25, -0.2) is 9.97 Å². The second-order valence-corrected chi connectivity index (χ2v) is 4.67. The molecule has 0 saturated heterocycles. The van der Waals surface area contributed by atoms with Gasteiger partial charge in [0.1, 0.15) is 0 Å². The van der Waals surface area contributed by atoms with Gasteiger partial charge in [-0.2, -0.15) is 0 Å². The maximum atomic E-state index is 4.14. The summed E-state index contributed by atoms with van der Waals surface area (Å²) in [6.45, 7) is 4.26. The van der Waals surface area contributed by atoms with E-state index in [1.165, 1.54) is 0 Å². The molecule has 1 atom stereocenters. The number of nitrogens with zero attached hydrogens (tertiary/aromatic N) is 2. The predicted octanol–water partition coefficient (Wildman–Crippen LogP) is 1.94. The van der Waals surface area contributed by atoms with Gasteiger partial charge >= 0.3 is 0 Å². The van der Waals surface area contributed by atoms with Gasteiger partial charge in [-0.15, -0.1) is 10.5 Å². The molecule has 60 valence electrons. The lowest BCUT2D eigenvalue weighted by atomic mass is 10.6. The highest BCUT2D eigenvalue weighted by Crippen LogP contribution is 2.24. The quantitative estimate of drug-likeness (QED) is 0.498. The Bertz CT molecular complexity index is 244. The van der Waals surface area contributed by atoms with Crippen LogP contribution < -0.4 is 0 Å². The zero-order valence-electron chi connectivity index (χ0n) is 6.82. The minimum atomic E-state index is -0.0573. The second kappa shape index (κ2) is 3.62. The van der Waals surface area contributed by atoms with Crippen LogP contribution in [0.15, 0.2) is 23.6 Å². The summed E-state index contributed by atoms with van der Waals surface area (Å²) in [5.74, 6) is 4.01. The first-order valence-corrected chi connectivity index (χ1v) is 4.97. The Morgan fingerprint density at radius 3 is 2.36 bits per heavy atom. The van der Waals surface area contributed by atoms with E-state index in [2.05, 4.69) is 29.7 Å². The molecule has 0 spiro atoms. The summed E-state index contributed by atoms with van der Waals surface area (Å²) in [6.07, 6.45) is 3.52. The minimum Gasteiger partial charge on any atom is -0.232 e. The summed E-state index contributed by atoms with van der Waals surface area (Å²) in [5, 5.41) is 1.39. The summed E-state index contributed by atoms with van der Waals surface area (Å²) in [6, 6.07) is 1.82. The van der Waals surface area contributed by atoms with Crippen molar-refractivity contribution in [1.29, 1.82) is 0 Å².